The zero-order chi connectivity index (χ0) is 9.94. The second-order valence-electron chi connectivity index (χ2n) is 2.15. The highest BCUT2D eigenvalue weighted by atomic mass is 19.1. The minimum Gasteiger partial charge on any atom is -0.481 e. The fourth-order valence-electron chi connectivity index (χ4n) is 0.510. The van der Waals surface area contributed by atoms with E-state index in [1.807, 2.05) is 0 Å². The molecule has 6 nitrogen and oxygen atoms in total. The Kier molecular flexibility index (Phi) is 3.11. The molecule has 0 aliphatic rings. The maximum atomic E-state index is 12.3. The van der Waals surface area contributed by atoms with Crippen molar-refractivity contribution < 1.29 is 34.4 Å². The number of halogens is 1. The molecule has 0 rings (SSSR count). The van der Waals surface area contributed by atoms with Gasteiger partial charge in [-0.3, -0.25) is 4.79 Å². The summed E-state index contributed by atoms with van der Waals surface area (Å²) in [5, 5.41) is 33.0. The van der Waals surface area contributed by atoms with E-state index < -0.39 is 30.3 Å². The second-order valence-corrected chi connectivity index (χ2v) is 2.15. The molecule has 0 amide bonds. The molecule has 0 spiro atoms. The average Bonchev–Trinajstić information content (AvgIpc) is 1.82. The Morgan fingerprint density at radius 1 is 1.33 bits per heavy atom. The van der Waals surface area contributed by atoms with E-state index in [0.29, 0.717) is 0 Å². The molecule has 0 fully saturated rings. The molecule has 0 heterocycles. The van der Waals surface area contributed by atoms with Crippen molar-refractivity contribution in [1.82, 2.24) is 0 Å². The Morgan fingerprint density at radius 2 is 1.75 bits per heavy atom. The zero-order valence-corrected chi connectivity index (χ0v) is 5.77. The Morgan fingerprint density at radius 3 is 2.00 bits per heavy atom. The summed E-state index contributed by atoms with van der Waals surface area (Å²) in [4.78, 5) is 19.7. The lowest BCUT2D eigenvalue weighted by molar-refractivity contribution is -0.218. The molecule has 0 aromatic heterocycles. The van der Waals surface area contributed by atoms with Crippen LogP contribution in [0, 0.1) is 0 Å². The first-order chi connectivity index (χ1) is 5.27. The van der Waals surface area contributed by atoms with Crippen molar-refractivity contribution in [2.24, 2.45) is 0 Å². The molecular weight excluding hydrogens is 175 g/mol. The van der Waals surface area contributed by atoms with E-state index in [4.69, 9.17) is 20.4 Å². The number of alkyl halides is 1. The molecule has 0 aromatic rings. The van der Waals surface area contributed by atoms with Crippen LogP contribution in [0.5, 0.6) is 0 Å². The monoisotopic (exact) mass is 182 g/mol. The molecule has 0 aromatic carbocycles. The van der Waals surface area contributed by atoms with Gasteiger partial charge in [0.15, 0.2) is 0 Å². The fourth-order valence-corrected chi connectivity index (χ4v) is 0.510. The number of hydrogen-bond donors (Lipinski definition) is 4. The van der Waals surface area contributed by atoms with Crippen LogP contribution < -0.4 is 0 Å². The summed E-state index contributed by atoms with van der Waals surface area (Å²) in [6, 6.07) is 0. The van der Waals surface area contributed by atoms with E-state index >= 15 is 0 Å². The van der Waals surface area contributed by atoms with E-state index in [1.54, 1.807) is 0 Å². The normalized spacial score (nSPS) is 13.9. The van der Waals surface area contributed by atoms with Gasteiger partial charge in [0.25, 0.3) is 0 Å². The Hall–Kier alpha value is -1.21. The molecular formula is C5H7FO6. The fraction of sp³-hybridized carbons (Fsp3) is 0.600. The summed E-state index contributed by atoms with van der Waals surface area (Å²) < 4.78 is 12.3. The molecule has 0 aliphatic heterocycles. The molecule has 7 heteroatoms. The van der Waals surface area contributed by atoms with Crippen molar-refractivity contribution in [3.8, 4) is 0 Å². The summed E-state index contributed by atoms with van der Waals surface area (Å²) in [7, 11) is 0. The van der Waals surface area contributed by atoms with Gasteiger partial charge < -0.3 is 20.4 Å². The van der Waals surface area contributed by atoms with Gasteiger partial charge in [-0.25, -0.2) is 9.18 Å². The maximum Gasteiger partial charge on any atom is 0.344 e. The minimum atomic E-state index is -3.36. The van der Waals surface area contributed by atoms with Gasteiger partial charge >= 0.3 is 11.9 Å². The van der Waals surface area contributed by atoms with Crippen LogP contribution >= 0.6 is 0 Å². The predicted molar refractivity (Wildman–Crippen MR) is 32.0 cm³/mol. The molecule has 1 atom stereocenters. The summed E-state index contributed by atoms with van der Waals surface area (Å²) >= 11 is 0. The van der Waals surface area contributed by atoms with Crippen LogP contribution in [0.2, 0.25) is 0 Å². The van der Waals surface area contributed by atoms with Crippen LogP contribution in [0.1, 0.15) is 6.42 Å². The van der Waals surface area contributed by atoms with Crippen molar-refractivity contribution in [1.29, 1.82) is 0 Å². The molecule has 0 saturated heterocycles. The van der Waals surface area contributed by atoms with Crippen LogP contribution in [0.3, 0.4) is 0 Å². The molecule has 0 unspecified atom stereocenters. The van der Waals surface area contributed by atoms with Gasteiger partial charge in [-0.15, -0.1) is 0 Å². The largest absolute Gasteiger partial charge is 0.481 e. The number of carboxylic acid groups (broad SMARTS) is 2. The Balaban J connectivity index is 4.38. The van der Waals surface area contributed by atoms with Gasteiger partial charge in [-0.05, 0) is 0 Å². The lowest BCUT2D eigenvalue weighted by atomic mass is 10.1. The standard InChI is InChI=1S/C5H7FO6/c6-3(4(9)10)5(11,12)1-2(7)8/h3,11-12H,1H2,(H,7,8)(H,9,10)/t3-/m0/s1. The first-order valence-electron chi connectivity index (χ1n) is 2.81. The highest BCUT2D eigenvalue weighted by molar-refractivity contribution is 5.75. The number of aliphatic carboxylic acids is 2. The van der Waals surface area contributed by atoms with Gasteiger partial charge in [0.1, 0.15) is 6.42 Å². The number of aliphatic hydroxyl groups is 2. The number of hydrogen-bond acceptors (Lipinski definition) is 4. The average molecular weight is 182 g/mol. The van der Waals surface area contributed by atoms with Crippen molar-refractivity contribution >= 4 is 11.9 Å². The SMILES string of the molecule is O=C(O)CC(O)(O)[C@@H](F)C(=O)O. The van der Waals surface area contributed by atoms with Gasteiger partial charge in [-0.2, -0.15) is 0 Å². The lowest BCUT2D eigenvalue weighted by Gasteiger charge is -2.20. The van der Waals surface area contributed by atoms with Gasteiger partial charge in [0.2, 0.25) is 12.0 Å². The molecule has 0 radical (unpaired) electrons. The summed E-state index contributed by atoms with van der Waals surface area (Å²) in [5.41, 5.74) is 0. The first-order valence-corrected chi connectivity index (χ1v) is 2.81. The third-order valence-electron chi connectivity index (χ3n) is 1.03. The summed E-state index contributed by atoms with van der Waals surface area (Å²) in [5.74, 6) is -7.19. The number of carbonyl (C=O) groups is 2. The Bertz CT molecular complexity index is 200. The highest BCUT2D eigenvalue weighted by Crippen LogP contribution is 2.15. The smallest absolute Gasteiger partial charge is 0.344 e. The second kappa shape index (κ2) is 3.46. The van der Waals surface area contributed by atoms with E-state index in [0.717, 1.165) is 0 Å². The van der Waals surface area contributed by atoms with Crippen molar-refractivity contribution in [3.63, 3.8) is 0 Å². The Labute approximate surface area is 65.9 Å². The van der Waals surface area contributed by atoms with E-state index in [-0.39, 0.29) is 0 Å². The minimum absolute atomic E-state index is 1.39. The topological polar surface area (TPSA) is 115 Å². The van der Waals surface area contributed by atoms with E-state index in [9.17, 15) is 14.0 Å². The first kappa shape index (κ1) is 10.8. The van der Waals surface area contributed by atoms with E-state index in [1.165, 1.54) is 0 Å². The quantitative estimate of drug-likeness (QED) is 0.396. The van der Waals surface area contributed by atoms with Gasteiger partial charge in [-0.1, -0.05) is 0 Å². The molecule has 0 saturated carbocycles. The molecule has 4 N–H and O–H groups in total. The van der Waals surface area contributed by atoms with Crippen molar-refractivity contribution in [2.45, 2.75) is 18.4 Å². The van der Waals surface area contributed by atoms with Crippen LogP contribution in [-0.4, -0.2) is 44.3 Å². The number of carboxylic acids is 2. The third kappa shape index (κ3) is 2.81. The molecule has 0 bridgehead atoms. The third-order valence-corrected chi connectivity index (χ3v) is 1.03. The van der Waals surface area contributed by atoms with Crippen molar-refractivity contribution in [2.75, 3.05) is 0 Å². The van der Waals surface area contributed by atoms with Crippen molar-refractivity contribution in [3.05, 3.63) is 0 Å². The van der Waals surface area contributed by atoms with Gasteiger partial charge in [0.05, 0.1) is 0 Å². The van der Waals surface area contributed by atoms with E-state index in [2.05, 4.69) is 0 Å². The van der Waals surface area contributed by atoms with Gasteiger partial charge in [0, 0.05) is 0 Å². The number of rotatable bonds is 4. The highest BCUT2D eigenvalue weighted by Gasteiger charge is 2.42. The molecule has 70 valence electrons. The lowest BCUT2D eigenvalue weighted by Crippen LogP contribution is -2.45. The summed E-state index contributed by atoms with van der Waals surface area (Å²) in [6.07, 6.45) is -4.42. The van der Waals surface area contributed by atoms with Crippen LogP contribution in [0.15, 0.2) is 0 Å². The summed E-state index contributed by atoms with van der Waals surface area (Å²) in [6.45, 7) is 0. The molecule has 0 aliphatic carbocycles. The molecule has 12 heavy (non-hydrogen) atoms. The predicted octanol–water partition coefficient (Wildman–Crippen LogP) is -1.44. The zero-order valence-electron chi connectivity index (χ0n) is 5.77. The van der Waals surface area contributed by atoms with Crippen LogP contribution in [0.25, 0.3) is 0 Å². The van der Waals surface area contributed by atoms with Crippen LogP contribution in [0.4, 0.5) is 4.39 Å². The maximum absolute atomic E-state index is 12.3. The van der Waals surface area contributed by atoms with Crippen LogP contribution in [-0.2, 0) is 9.59 Å².